The van der Waals surface area contributed by atoms with E-state index in [0.717, 1.165) is 0 Å². The van der Waals surface area contributed by atoms with Gasteiger partial charge in [0.2, 0.25) is 0 Å². The third-order valence-corrected chi connectivity index (χ3v) is 7.05. The van der Waals surface area contributed by atoms with E-state index in [1.165, 1.54) is 55.9 Å². The molecule has 2 aromatic carbocycles. The number of aromatic nitrogens is 3. The minimum Gasteiger partial charge on any atom is -0.494 e. The zero-order valence-corrected chi connectivity index (χ0v) is 22.8. The SMILES string of the molecule is C=CCC(OC(=O)c1ccc(C(=O)O)cc1)(C(C)(C)C)C(C)(CCOc1ccc(F)c(OC)c1)n1cncn1. The summed E-state index contributed by atoms with van der Waals surface area (Å²) in [6.45, 7) is 11.9. The quantitative estimate of drug-likeness (QED) is 0.236. The van der Waals surface area contributed by atoms with Gasteiger partial charge in [-0.05, 0) is 43.3 Å². The molecule has 3 aromatic rings. The summed E-state index contributed by atoms with van der Waals surface area (Å²) in [5.41, 5.74) is -2.62. The summed E-state index contributed by atoms with van der Waals surface area (Å²) in [7, 11) is 1.38. The van der Waals surface area contributed by atoms with Gasteiger partial charge in [-0.2, -0.15) is 5.10 Å². The average Bonchev–Trinajstić information content (AvgIpc) is 3.44. The zero-order chi connectivity index (χ0) is 28.8. The number of halogens is 1. The van der Waals surface area contributed by atoms with Crippen molar-refractivity contribution in [2.75, 3.05) is 13.7 Å². The monoisotopic (exact) mass is 539 g/mol. The van der Waals surface area contributed by atoms with Crippen molar-refractivity contribution in [1.29, 1.82) is 0 Å². The summed E-state index contributed by atoms with van der Waals surface area (Å²) in [6, 6.07) is 9.78. The number of benzene rings is 2. The van der Waals surface area contributed by atoms with Crippen LogP contribution in [0.25, 0.3) is 0 Å². The Balaban J connectivity index is 2.02. The highest BCUT2D eigenvalue weighted by Gasteiger charge is 2.59. The normalized spacial score (nSPS) is 14.5. The molecule has 2 atom stereocenters. The second-order valence-electron chi connectivity index (χ2n) is 10.4. The van der Waals surface area contributed by atoms with Crippen molar-refractivity contribution in [2.45, 2.75) is 51.7 Å². The maximum Gasteiger partial charge on any atom is 0.338 e. The third-order valence-electron chi connectivity index (χ3n) is 7.05. The van der Waals surface area contributed by atoms with Crippen molar-refractivity contribution in [1.82, 2.24) is 14.8 Å². The maximum absolute atomic E-state index is 13.9. The molecule has 208 valence electrons. The molecular formula is C29H34FN3O6. The topological polar surface area (TPSA) is 113 Å². The van der Waals surface area contributed by atoms with E-state index < -0.39 is 34.3 Å². The predicted molar refractivity (Wildman–Crippen MR) is 143 cm³/mol. The van der Waals surface area contributed by atoms with Crippen molar-refractivity contribution >= 4 is 11.9 Å². The van der Waals surface area contributed by atoms with Crippen LogP contribution in [-0.2, 0) is 10.3 Å². The number of ether oxygens (including phenoxy) is 3. The standard InChI is InChI=1S/C29H34FN3O6/c1-7-14-29(27(2,3)4,39-26(36)21-10-8-20(9-11-21)25(34)35)28(5,33-19-31-18-32-33)15-16-38-22-12-13-23(30)24(17-22)37-6/h7-13,17-19H,1,14-16H2,2-6H3,(H,34,35). The minimum atomic E-state index is -1.22. The Morgan fingerprint density at radius 1 is 1.10 bits per heavy atom. The molecule has 10 heteroatoms. The van der Waals surface area contributed by atoms with E-state index in [-0.39, 0.29) is 29.9 Å². The molecule has 0 radical (unpaired) electrons. The molecule has 0 aliphatic heterocycles. The molecule has 0 saturated carbocycles. The number of esters is 1. The van der Waals surface area contributed by atoms with Gasteiger partial charge in [-0.3, -0.25) is 0 Å². The largest absolute Gasteiger partial charge is 0.494 e. The van der Waals surface area contributed by atoms with Gasteiger partial charge in [-0.15, -0.1) is 6.58 Å². The molecule has 0 spiro atoms. The summed E-state index contributed by atoms with van der Waals surface area (Å²) in [6.07, 6.45) is 5.22. The Bertz CT molecular complexity index is 1300. The van der Waals surface area contributed by atoms with Crippen LogP contribution in [0, 0.1) is 11.2 Å². The lowest BCUT2D eigenvalue weighted by molar-refractivity contribution is -0.155. The van der Waals surface area contributed by atoms with E-state index in [1.54, 1.807) is 17.1 Å². The van der Waals surface area contributed by atoms with Crippen LogP contribution in [0.5, 0.6) is 11.5 Å². The molecule has 1 aromatic heterocycles. The number of carboxylic acid groups (broad SMARTS) is 1. The smallest absolute Gasteiger partial charge is 0.338 e. The molecule has 0 aliphatic carbocycles. The number of carbonyl (C=O) groups excluding carboxylic acids is 1. The molecule has 0 saturated heterocycles. The summed E-state index contributed by atoms with van der Waals surface area (Å²) in [5.74, 6) is -1.75. The Morgan fingerprint density at radius 2 is 1.77 bits per heavy atom. The molecule has 0 bridgehead atoms. The van der Waals surface area contributed by atoms with E-state index in [1.807, 2.05) is 27.7 Å². The Morgan fingerprint density at radius 3 is 2.31 bits per heavy atom. The first-order chi connectivity index (χ1) is 18.4. The number of carboxylic acids is 1. The Kier molecular flexibility index (Phi) is 8.78. The maximum atomic E-state index is 13.9. The molecule has 0 amide bonds. The second kappa shape index (κ2) is 11.7. The fraction of sp³-hybridized carbons (Fsp3) is 0.379. The van der Waals surface area contributed by atoms with Gasteiger partial charge in [-0.25, -0.2) is 23.6 Å². The van der Waals surface area contributed by atoms with Gasteiger partial charge in [0.05, 0.1) is 24.8 Å². The number of hydrogen-bond acceptors (Lipinski definition) is 7. The molecule has 1 N–H and O–H groups in total. The Labute approximate surface area is 227 Å². The number of aromatic carboxylic acids is 1. The predicted octanol–water partition coefficient (Wildman–Crippen LogP) is 5.53. The molecule has 9 nitrogen and oxygen atoms in total. The molecule has 0 aliphatic rings. The van der Waals surface area contributed by atoms with E-state index in [0.29, 0.717) is 12.2 Å². The summed E-state index contributed by atoms with van der Waals surface area (Å²) in [5, 5.41) is 13.6. The van der Waals surface area contributed by atoms with Crippen molar-refractivity contribution in [3.8, 4) is 11.5 Å². The molecule has 0 fully saturated rings. The summed E-state index contributed by atoms with van der Waals surface area (Å²) < 4.78 is 33.0. The van der Waals surface area contributed by atoms with Crippen LogP contribution < -0.4 is 9.47 Å². The minimum absolute atomic E-state index is 0.0572. The highest BCUT2D eigenvalue weighted by atomic mass is 19.1. The van der Waals surface area contributed by atoms with Gasteiger partial charge < -0.3 is 19.3 Å². The zero-order valence-electron chi connectivity index (χ0n) is 22.8. The van der Waals surface area contributed by atoms with Gasteiger partial charge in [-0.1, -0.05) is 26.8 Å². The van der Waals surface area contributed by atoms with Crippen molar-refractivity contribution in [3.05, 3.63) is 84.7 Å². The van der Waals surface area contributed by atoms with Crippen LogP contribution >= 0.6 is 0 Å². The van der Waals surface area contributed by atoms with Crippen LogP contribution in [-0.4, -0.2) is 51.1 Å². The van der Waals surface area contributed by atoms with Crippen LogP contribution in [0.3, 0.4) is 0 Å². The molecule has 39 heavy (non-hydrogen) atoms. The van der Waals surface area contributed by atoms with Gasteiger partial charge in [0.15, 0.2) is 11.6 Å². The van der Waals surface area contributed by atoms with E-state index in [2.05, 4.69) is 16.7 Å². The number of nitrogens with zero attached hydrogens (tertiary/aromatic N) is 3. The van der Waals surface area contributed by atoms with Gasteiger partial charge in [0, 0.05) is 24.3 Å². The lowest BCUT2D eigenvalue weighted by atomic mass is 9.62. The lowest BCUT2D eigenvalue weighted by Gasteiger charge is -2.54. The summed E-state index contributed by atoms with van der Waals surface area (Å²) >= 11 is 0. The van der Waals surface area contributed by atoms with Crippen LogP contribution in [0.15, 0.2) is 67.8 Å². The van der Waals surface area contributed by atoms with Crippen LogP contribution in [0.1, 0.15) is 61.3 Å². The number of methoxy groups -OCH3 is 1. The average molecular weight is 540 g/mol. The third kappa shape index (κ3) is 5.94. The van der Waals surface area contributed by atoms with Crippen molar-refractivity contribution in [2.24, 2.45) is 5.41 Å². The fourth-order valence-electron chi connectivity index (χ4n) is 4.87. The molecular weight excluding hydrogens is 505 g/mol. The fourth-order valence-corrected chi connectivity index (χ4v) is 4.87. The van der Waals surface area contributed by atoms with Gasteiger partial charge in [0.25, 0.3) is 0 Å². The second-order valence-corrected chi connectivity index (χ2v) is 10.4. The first-order valence-corrected chi connectivity index (χ1v) is 12.4. The highest BCUT2D eigenvalue weighted by Crippen LogP contribution is 2.50. The molecule has 3 rings (SSSR count). The van der Waals surface area contributed by atoms with E-state index >= 15 is 0 Å². The Hall–Kier alpha value is -4.21. The lowest BCUT2D eigenvalue weighted by Crippen LogP contribution is -2.63. The number of rotatable bonds is 12. The summed E-state index contributed by atoms with van der Waals surface area (Å²) in [4.78, 5) is 28.9. The van der Waals surface area contributed by atoms with Crippen LogP contribution in [0.2, 0.25) is 0 Å². The van der Waals surface area contributed by atoms with Gasteiger partial charge >= 0.3 is 11.9 Å². The first kappa shape index (κ1) is 29.3. The van der Waals surface area contributed by atoms with E-state index in [4.69, 9.17) is 14.2 Å². The van der Waals surface area contributed by atoms with Crippen molar-refractivity contribution < 1.29 is 33.3 Å². The molecule has 1 heterocycles. The van der Waals surface area contributed by atoms with Gasteiger partial charge in [0.1, 0.15) is 29.5 Å². The first-order valence-electron chi connectivity index (χ1n) is 12.4. The number of hydrogen-bond donors (Lipinski definition) is 1. The van der Waals surface area contributed by atoms with Crippen molar-refractivity contribution in [3.63, 3.8) is 0 Å². The van der Waals surface area contributed by atoms with Crippen LogP contribution in [0.4, 0.5) is 4.39 Å². The molecule has 2 unspecified atom stereocenters. The highest BCUT2D eigenvalue weighted by molar-refractivity contribution is 5.92. The van der Waals surface area contributed by atoms with E-state index in [9.17, 15) is 19.1 Å². The number of carbonyl (C=O) groups is 2.